The lowest BCUT2D eigenvalue weighted by atomic mass is 9.97. The lowest BCUT2D eigenvalue weighted by molar-refractivity contribution is -0.0215. The van der Waals surface area contributed by atoms with E-state index in [4.69, 9.17) is 4.74 Å². The van der Waals surface area contributed by atoms with E-state index in [2.05, 4.69) is 6.92 Å². The van der Waals surface area contributed by atoms with Crippen LogP contribution in [0.2, 0.25) is 0 Å². The lowest BCUT2D eigenvalue weighted by Gasteiger charge is -2.25. The Morgan fingerprint density at radius 3 is 2.38 bits per heavy atom. The van der Waals surface area contributed by atoms with Crippen molar-refractivity contribution in [2.45, 2.75) is 64.6 Å². The van der Waals surface area contributed by atoms with Gasteiger partial charge in [0.1, 0.15) is 0 Å². The molecule has 0 aliphatic carbocycles. The van der Waals surface area contributed by atoms with Crippen LogP contribution in [0, 0.1) is 0 Å². The Kier molecular flexibility index (Phi) is 6.35. The summed E-state index contributed by atoms with van der Waals surface area (Å²) < 4.78 is 5.25. The minimum Gasteiger partial charge on any atom is -0.393 e. The quantitative estimate of drug-likeness (QED) is 0.622. The Hall–Kier alpha value is -0.0800. The van der Waals surface area contributed by atoms with Crippen LogP contribution >= 0.6 is 0 Å². The minimum absolute atomic E-state index is 0.189. The first-order valence-electron chi connectivity index (χ1n) is 5.25. The van der Waals surface area contributed by atoms with Crippen molar-refractivity contribution in [3.8, 4) is 0 Å². The van der Waals surface area contributed by atoms with Gasteiger partial charge in [0.15, 0.2) is 0 Å². The summed E-state index contributed by atoms with van der Waals surface area (Å²) >= 11 is 0. The number of rotatable bonds is 7. The van der Waals surface area contributed by atoms with Gasteiger partial charge >= 0.3 is 0 Å². The van der Waals surface area contributed by atoms with E-state index in [1.807, 2.05) is 13.8 Å². The predicted octanol–water partition coefficient (Wildman–Crippen LogP) is 2.74. The van der Waals surface area contributed by atoms with Crippen molar-refractivity contribution in [2.24, 2.45) is 0 Å². The molecule has 0 aromatic rings. The molecule has 0 aromatic heterocycles. The van der Waals surface area contributed by atoms with Crippen molar-refractivity contribution in [1.29, 1.82) is 0 Å². The maximum absolute atomic E-state index is 9.66. The monoisotopic (exact) mass is 188 g/mol. The zero-order valence-corrected chi connectivity index (χ0v) is 9.47. The molecule has 0 saturated carbocycles. The molecule has 0 saturated heterocycles. The summed E-state index contributed by atoms with van der Waals surface area (Å²) in [6.07, 6.45) is 4.97. The van der Waals surface area contributed by atoms with Crippen molar-refractivity contribution < 1.29 is 9.84 Å². The summed E-state index contributed by atoms with van der Waals surface area (Å²) in [5.74, 6) is 0. The molecule has 13 heavy (non-hydrogen) atoms. The number of unbranched alkanes of at least 4 members (excludes halogenated alkanes) is 2. The Bertz CT molecular complexity index is 121. The zero-order chi connectivity index (χ0) is 10.3. The molecule has 80 valence electrons. The average Bonchev–Trinajstić information content (AvgIpc) is 2.04. The molecule has 0 aliphatic heterocycles. The molecule has 0 spiro atoms. The molecule has 1 unspecified atom stereocenters. The molecule has 2 heteroatoms. The van der Waals surface area contributed by atoms with E-state index < -0.39 is 0 Å². The van der Waals surface area contributed by atoms with Crippen molar-refractivity contribution in [1.82, 2.24) is 0 Å². The van der Waals surface area contributed by atoms with Gasteiger partial charge in [-0.2, -0.15) is 0 Å². The van der Waals surface area contributed by atoms with Crippen LogP contribution < -0.4 is 0 Å². The van der Waals surface area contributed by atoms with Gasteiger partial charge in [0.25, 0.3) is 0 Å². The Balaban J connectivity index is 3.55. The van der Waals surface area contributed by atoms with E-state index >= 15 is 0 Å². The van der Waals surface area contributed by atoms with Gasteiger partial charge in [-0.25, -0.2) is 0 Å². The van der Waals surface area contributed by atoms with Crippen molar-refractivity contribution in [3.05, 3.63) is 0 Å². The molecule has 1 atom stereocenters. The molecule has 0 fully saturated rings. The summed E-state index contributed by atoms with van der Waals surface area (Å²) in [7, 11) is 1.69. The Morgan fingerprint density at radius 2 is 1.92 bits per heavy atom. The van der Waals surface area contributed by atoms with E-state index in [1.165, 1.54) is 12.8 Å². The fourth-order valence-corrected chi connectivity index (χ4v) is 1.38. The molecule has 0 amide bonds. The molecular formula is C11H24O2. The highest BCUT2D eigenvalue weighted by Gasteiger charge is 2.20. The molecular weight excluding hydrogens is 164 g/mol. The fraction of sp³-hybridized carbons (Fsp3) is 1.00. The number of hydrogen-bond acceptors (Lipinski definition) is 2. The van der Waals surface area contributed by atoms with Crippen LogP contribution in [0.5, 0.6) is 0 Å². The van der Waals surface area contributed by atoms with Gasteiger partial charge in [-0.1, -0.05) is 26.2 Å². The minimum atomic E-state index is -0.207. The zero-order valence-electron chi connectivity index (χ0n) is 9.47. The third-order valence-electron chi connectivity index (χ3n) is 2.42. The van der Waals surface area contributed by atoms with E-state index in [9.17, 15) is 5.11 Å². The summed E-state index contributed by atoms with van der Waals surface area (Å²) in [5.41, 5.74) is -0.189. The first-order valence-corrected chi connectivity index (χ1v) is 5.25. The third kappa shape index (κ3) is 7.03. The van der Waals surface area contributed by atoms with Crippen LogP contribution in [0.1, 0.15) is 52.9 Å². The fourth-order valence-electron chi connectivity index (χ4n) is 1.38. The largest absolute Gasteiger partial charge is 0.393 e. The van der Waals surface area contributed by atoms with Crippen molar-refractivity contribution in [2.75, 3.05) is 7.11 Å². The van der Waals surface area contributed by atoms with E-state index in [1.54, 1.807) is 7.11 Å². The smallest absolute Gasteiger partial charge is 0.0647 e. The summed E-state index contributed by atoms with van der Waals surface area (Å²) in [6.45, 7) is 6.19. The van der Waals surface area contributed by atoms with Gasteiger partial charge in [-0.3, -0.25) is 0 Å². The number of aliphatic hydroxyl groups is 1. The Labute approximate surface area is 82.3 Å². The molecule has 0 bridgehead atoms. The van der Waals surface area contributed by atoms with E-state index in [-0.39, 0.29) is 11.7 Å². The van der Waals surface area contributed by atoms with Crippen LogP contribution in [-0.4, -0.2) is 23.9 Å². The van der Waals surface area contributed by atoms with Gasteiger partial charge in [0.05, 0.1) is 11.7 Å². The normalized spacial score (nSPS) is 14.5. The topological polar surface area (TPSA) is 29.5 Å². The lowest BCUT2D eigenvalue weighted by Crippen LogP contribution is -2.28. The van der Waals surface area contributed by atoms with Crippen LogP contribution in [0.4, 0.5) is 0 Å². The average molecular weight is 188 g/mol. The molecule has 0 aliphatic rings. The van der Waals surface area contributed by atoms with E-state index in [0.29, 0.717) is 0 Å². The molecule has 2 nitrogen and oxygen atoms in total. The first-order chi connectivity index (χ1) is 6.02. The maximum Gasteiger partial charge on any atom is 0.0647 e. The number of hydrogen-bond donors (Lipinski definition) is 1. The van der Waals surface area contributed by atoms with Crippen LogP contribution in [0.3, 0.4) is 0 Å². The van der Waals surface area contributed by atoms with Gasteiger partial charge in [-0.05, 0) is 20.3 Å². The second-order valence-electron chi connectivity index (χ2n) is 4.32. The maximum atomic E-state index is 9.66. The van der Waals surface area contributed by atoms with Crippen molar-refractivity contribution >= 4 is 0 Å². The highest BCUT2D eigenvalue weighted by Crippen LogP contribution is 2.18. The number of aliphatic hydroxyl groups excluding tert-OH is 1. The molecule has 0 heterocycles. The van der Waals surface area contributed by atoms with Crippen molar-refractivity contribution in [3.63, 3.8) is 0 Å². The number of ether oxygens (including phenoxy) is 1. The highest BCUT2D eigenvalue weighted by molar-refractivity contribution is 4.72. The molecule has 0 aromatic carbocycles. The van der Waals surface area contributed by atoms with Crippen LogP contribution in [-0.2, 0) is 4.74 Å². The molecule has 0 rings (SSSR count). The SMILES string of the molecule is CCCCCC(O)CC(C)(C)OC. The second kappa shape index (κ2) is 6.39. The summed E-state index contributed by atoms with van der Waals surface area (Å²) in [6, 6.07) is 0. The molecule has 0 radical (unpaired) electrons. The predicted molar refractivity (Wildman–Crippen MR) is 55.9 cm³/mol. The first kappa shape index (κ1) is 12.9. The van der Waals surface area contributed by atoms with Gasteiger partial charge < -0.3 is 9.84 Å². The third-order valence-corrected chi connectivity index (χ3v) is 2.42. The van der Waals surface area contributed by atoms with Crippen LogP contribution in [0.25, 0.3) is 0 Å². The van der Waals surface area contributed by atoms with Gasteiger partial charge in [0, 0.05) is 13.5 Å². The number of methoxy groups -OCH3 is 1. The van der Waals surface area contributed by atoms with Crippen LogP contribution in [0.15, 0.2) is 0 Å². The Morgan fingerprint density at radius 1 is 1.31 bits per heavy atom. The highest BCUT2D eigenvalue weighted by atomic mass is 16.5. The van der Waals surface area contributed by atoms with Gasteiger partial charge in [-0.15, -0.1) is 0 Å². The standard InChI is InChI=1S/C11H24O2/c1-5-6-7-8-10(12)9-11(2,3)13-4/h10,12H,5-9H2,1-4H3. The molecule has 1 N–H and O–H groups in total. The second-order valence-corrected chi connectivity index (χ2v) is 4.32. The van der Waals surface area contributed by atoms with E-state index in [0.717, 1.165) is 19.3 Å². The van der Waals surface area contributed by atoms with Gasteiger partial charge in [0.2, 0.25) is 0 Å². The summed E-state index contributed by atoms with van der Waals surface area (Å²) in [4.78, 5) is 0. The summed E-state index contributed by atoms with van der Waals surface area (Å²) in [5, 5.41) is 9.66.